The third kappa shape index (κ3) is 22.5. The maximum absolute atomic E-state index is 12.0. The van der Waals surface area contributed by atoms with E-state index >= 15 is 0 Å². The first-order valence-corrected chi connectivity index (χ1v) is 18.9. The predicted molar refractivity (Wildman–Crippen MR) is 208 cm³/mol. The molecule has 2 N–H and O–H groups in total. The van der Waals surface area contributed by atoms with Crippen molar-refractivity contribution in [3.8, 4) is 5.75 Å². The third-order valence-corrected chi connectivity index (χ3v) is 7.03. The number of hydrogen-bond donors (Lipinski definition) is 2. The minimum Gasteiger partial charge on any atom is -0.487 e. The number of benzene rings is 2. The van der Waals surface area contributed by atoms with Gasteiger partial charge in [-0.1, -0.05) is 139 Å². The van der Waals surface area contributed by atoms with E-state index in [1.165, 1.54) is 55.2 Å². The fourth-order valence-corrected chi connectivity index (χ4v) is 4.96. The Kier molecular flexibility index (Phi) is 41.1. The van der Waals surface area contributed by atoms with Crippen LogP contribution in [0.15, 0.2) is 58.8 Å². The second kappa shape index (κ2) is 37.5. The van der Waals surface area contributed by atoms with Crippen LogP contribution in [0.2, 0.25) is 0 Å². The molecule has 0 amide bonds. The molecule has 1 heterocycles. The van der Waals surface area contributed by atoms with Crippen LogP contribution in [0.4, 0.5) is 11.4 Å². The largest absolute Gasteiger partial charge is 0.487 e. The lowest BCUT2D eigenvalue weighted by Gasteiger charge is -2.15. The standard InChI is InChI=1S/C26H32N2O3S2.6C2H6/c1-4-5-6-7-15-27-21-12-13-22(28-33-24-14-16-32-25(24)26(29)30-3)23(17-21)31-18-20-10-8-19(2)9-11-20;6*1-2/h8-14,16-17,27-28H,4-7,15,18H2,1-3H3;6*1-2H3. The summed E-state index contributed by atoms with van der Waals surface area (Å²) in [4.78, 5) is 13.4. The maximum Gasteiger partial charge on any atom is 0.349 e. The molecule has 0 saturated heterocycles. The SMILES string of the molecule is CC.CC.CC.CC.CC.CC.CCCCCCNc1ccc(NSc2ccsc2C(=O)OC)c(OCc2ccc(C)cc2)c1. The summed E-state index contributed by atoms with van der Waals surface area (Å²) >= 11 is 2.75. The lowest BCUT2D eigenvalue weighted by molar-refractivity contribution is 0.0602. The van der Waals surface area contributed by atoms with Crippen molar-refractivity contribution >= 4 is 40.6 Å². The van der Waals surface area contributed by atoms with E-state index in [-0.39, 0.29) is 5.97 Å². The fraction of sp³-hybridized carbons (Fsp3) is 0.553. The monoisotopic (exact) mass is 664 g/mol. The summed E-state index contributed by atoms with van der Waals surface area (Å²) in [5.74, 6) is 0.434. The van der Waals surface area contributed by atoms with Crippen molar-refractivity contribution in [1.29, 1.82) is 0 Å². The Bertz CT molecular complexity index is 1020. The summed E-state index contributed by atoms with van der Waals surface area (Å²) in [6.07, 6.45) is 4.89. The molecule has 0 saturated carbocycles. The highest BCUT2D eigenvalue weighted by Crippen LogP contribution is 2.35. The molecule has 0 aliphatic rings. The summed E-state index contributed by atoms with van der Waals surface area (Å²) in [5.41, 5.74) is 4.23. The van der Waals surface area contributed by atoms with Crippen LogP contribution in [0.25, 0.3) is 0 Å². The lowest BCUT2D eigenvalue weighted by atomic mass is 10.2. The van der Waals surface area contributed by atoms with Gasteiger partial charge in [0.15, 0.2) is 0 Å². The van der Waals surface area contributed by atoms with Crippen LogP contribution in [0.5, 0.6) is 5.75 Å². The summed E-state index contributed by atoms with van der Waals surface area (Å²) < 4.78 is 14.4. The molecule has 3 rings (SSSR count). The van der Waals surface area contributed by atoms with Crippen molar-refractivity contribution in [2.45, 2.75) is 134 Å². The summed E-state index contributed by atoms with van der Waals surface area (Å²) in [6.45, 7) is 29.7. The normalized spacial score (nSPS) is 8.60. The molecule has 2 aromatic carbocycles. The van der Waals surface area contributed by atoms with Gasteiger partial charge >= 0.3 is 5.97 Å². The Morgan fingerprint density at radius 1 is 0.800 bits per heavy atom. The van der Waals surface area contributed by atoms with E-state index in [4.69, 9.17) is 9.47 Å². The van der Waals surface area contributed by atoms with E-state index in [1.807, 2.05) is 107 Å². The lowest BCUT2D eigenvalue weighted by Crippen LogP contribution is -2.04. The van der Waals surface area contributed by atoms with Gasteiger partial charge in [-0.2, -0.15) is 0 Å². The van der Waals surface area contributed by atoms with E-state index in [9.17, 15) is 4.79 Å². The van der Waals surface area contributed by atoms with Crippen LogP contribution in [0.3, 0.4) is 0 Å². The molecule has 7 heteroatoms. The van der Waals surface area contributed by atoms with Gasteiger partial charge < -0.3 is 19.5 Å². The van der Waals surface area contributed by atoms with Crippen molar-refractivity contribution in [2.24, 2.45) is 0 Å². The number of carbonyl (C=O) groups excluding carboxylic acids is 1. The van der Waals surface area contributed by atoms with Gasteiger partial charge in [-0.15, -0.1) is 11.3 Å². The van der Waals surface area contributed by atoms with Crippen molar-refractivity contribution in [2.75, 3.05) is 23.7 Å². The highest BCUT2D eigenvalue weighted by molar-refractivity contribution is 8.00. The minimum atomic E-state index is -0.326. The topological polar surface area (TPSA) is 59.6 Å². The highest BCUT2D eigenvalue weighted by atomic mass is 32.2. The van der Waals surface area contributed by atoms with E-state index < -0.39 is 0 Å². The van der Waals surface area contributed by atoms with Crippen LogP contribution in [-0.2, 0) is 11.3 Å². The molecule has 45 heavy (non-hydrogen) atoms. The number of anilines is 2. The van der Waals surface area contributed by atoms with Crippen LogP contribution < -0.4 is 14.8 Å². The second-order valence-electron chi connectivity index (χ2n) is 7.78. The van der Waals surface area contributed by atoms with E-state index in [0.29, 0.717) is 11.5 Å². The van der Waals surface area contributed by atoms with Gasteiger partial charge in [0, 0.05) is 18.3 Å². The van der Waals surface area contributed by atoms with E-state index in [2.05, 4.69) is 54.2 Å². The fourth-order valence-electron chi connectivity index (χ4n) is 3.20. The number of rotatable bonds is 13. The number of aryl methyl sites for hydroxylation is 1. The van der Waals surface area contributed by atoms with Gasteiger partial charge in [-0.05, 0) is 54.4 Å². The molecule has 0 radical (unpaired) electrons. The van der Waals surface area contributed by atoms with Gasteiger partial charge in [0.1, 0.15) is 17.2 Å². The zero-order valence-corrected chi connectivity index (χ0v) is 33.1. The average Bonchev–Trinajstić information content (AvgIpc) is 3.61. The summed E-state index contributed by atoms with van der Waals surface area (Å²) in [6, 6.07) is 16.4. The first-order valence-electron chi connectivity index (χ1n) is 17.3. The molecule has 260 valence electrons. The number of esters is 1. The molecule has 0 aliphatic heterocycles. The Morgan fingerprint density at radius 3 is 1.96 bits per heavy atom. The van der Waals surface area contributed by atoms with Crippen LogP contribution in [0, 0.1) is 6.92 Å². The summed E-state index contributed by atoms with van der Waals surface area (Å²) in [7, 11) is 1.40. The number of methoxy groups -OCH3 is 1. The van der Waals surface area contributed by atoms with Crippen molar-refractivity contribution in [3.63, 3.8) is 0 Å². The van der Waals surface area contributed by atoms with Gasteiger partial charge in [0.25, 0.3) is 0 Å². The quantitative estimate of drug-likeness (QED) is 0.108. The van der Waals surface area contributed by atoms with Crippen LogP contribution in [0.1, 0.15) is 136 Å². The third-order valence-electron chi connectivity index (χ3n) is 5.13. The van der Waals surface area contributed by atoms with Gasteiger partial charge in [-0.25, -0.2) is 4.79 Å². The first-order chi connectivity index (χ1) is 22.1. The van der Waals surface area contributed by atoms with Crippen molar-refractivity contribution in [3.05, 3.63) is 69.9 Å². The smallest absolute Gasteiger partial charge is 0.349 e. The molecule has 5 nitrogen and oxygen atoms in total. The molecular formula is C38H68N2O3S2. The number of ether oxygens (including phenoxy) is 2. The molecule has 3 aromatic rings. The van der Waals surface area contributed by atoms with Crippen molar-refractivity contribution in [1.82, 2.24) is 0 Å². The number of carbonyl (C=O) groups is 1. The molecule has 0 aliphatic carbocycles. The minimum absolute atomic E-state index is 0.326. The zero-order valence-electron chi connectivity index (χ0n) is 31.5. The molecule has 0 bridgehead atoms. The second-order valence-corrected chi connectivity index (χ2v) is 9.55. The average molecular weight is 665 g/mol. The molecular weight excluding hydrogens is 597 g/mol. The van der Waals surface area contributed by atoms with E-state index in [0.717, 1.165) is 40.5 Å². The van der Waals surface area contributed by atoms with Gasteiger partial charge in [-0.3, -0.25) is 0 Å². The maximum atomic E-state index is 12.0. The number of hydrogen-bond acceptors (Lipinski definition) is 7. The first kappa shape index (κ1) is 49.2. The van der Waals surface area contributed by atoms with Crippen LogP contribution >= 0.6 is 23.3 Å². The Hall–Kier alpha value is -2.64. The van der Waals surface area contributed by atoms with Crippen molar-refractivity contribution < 1.29 is 14.3 Å². The predicted octanol–water partition coefficient (Wildman–Crippen LogP) is 13.7. The zero-order chi connectivity index (χ0) is 35.5. The molecule has 0 spiro atoms. The molecule has 0 fully saturated rings. The Morgan fingerprint density at radius 2 is 1.40 bits per heavy atom. The van der Waals surface area contributed by atoms with Gasteiger partial charge in [0.2, 0.25) is 0 Å². The Balaban J connectivity index is -0.000000627. The molecule has 0 atom stereocenters. The number of nitrogens with one attached hydrogen (secondary N) is 2. The molecule has 1 aromatic heterocycles. The number of thiophene rings is 1. The number of unbranched alkanes of at least 4 members (excludes halogenated alkanes) is 3. The van der Waals surface area contributed by atoms with E-state index in [1.54, 1.807) is 0 Å². The highest BCUT2D eigenvalue weighted by Gasteiger charge is 2.15. The molecule has 0 unspecified atom stereocenters. The Labute approximate surface area is 287 Å². The summed E-state index contributed by atoms with van der Waals surface area (Å²) in [5, 5.41) is 5.39. The van der Waals surface area contributed by atoms with Gasteiger partial charge in [0.05, 0.1) is 17.7 Å². The van der Waals surface area contributed by atoms with Crippen LogP contribution in [-0.4, -0.2) is 19.6 Å².